The number of hydrogen-bond acceptors (Lipinski definition) is 4. The molecule has 1 aromatic rings. The van der Waals surface area contributed by atoms with Gasteiger partial charge in [0.25, 0.3) is 5.91 Å². The summed E-state index contributed by atoms with van der Waals surface area (Å²) in [7, 11) is 0. The summed E-state index contributed by atoms with van der Waals surface area (Å²) in [5.74, 6) is -0.559. The van der Waals surface area contributed by atoms with Gasteiger partial charge in [-0.3, -0.25) is 4.79 Å². The van der Waals surface area contributed by atoms with Crippen molar-refractivity contribution >= 4 is 11.6 Å². The van der Waals surface area contributed by atoms with Crippen LogP contribution in [0, 0.1) is 0 Å². The predicted octanol–water partition coefficient (Wildman–Crippen LogP) is 1.72. The van der Waals surface area contributed by atoms with E-state index in [2.05, 4.69) is 4.74 Å². The highest BCUT2D eigenvalue weighted by atomic mass is 19.4. The first-order chi connectivity index (χ1) is 9.31. The molecule has 0 unspecified atom stereocenters. The Balaban J connectivity index is 2.41. The van der Waals surface area contributed by atoms with Crippen molar-refractivity contribution < 1.29 is 27.4 Å². The van der Waals surface area contributed by atoms with Crippen LogP contribution in [0.4, 0.5) is 18.9 Å². The van der Waals surface area contributed by atoms with Gasteiger partial charge in [0.15, 0.2) is 5.75 Å². The van der Waals surface area contributed by atoms with Gasteiger partial charge in [0.05, 0.1) is 24.5 Å². The first kappa shape index (κ1) is 16.1. The van der Waals surface area contributed by atoms with Gasteiger partial charge in [-0.1, -0.05) is 6.07 Å². The number of nitrogens with two attached hydrogens (primary N) is 2. The van der Waals surface area contributed by atoms with Gasteiger partial charge in [0, 0.05) is 6.42 Å². The maximum absolute atomic E-state index is 11.8. The fourth-order valence-electron chi connectivity index (χ4n) is 1.43. The van der Waals surface area contributed by atoms with E-state index in [1.807, 2.05) is 0 Å². The van der Waals surface area contributed by atoms with E-state index in [4.69, 9.17) is 16.2 Å². The topological polar surface area (TPSA) is 87.6 Å². The fourth-order valence-corrected chi connectivity index (χ4v) is 1.43. The van der Waals surface area contributed by atoms with Gasteiger partial charge in [0.2, 0.25) is 0 Å². The minimum atomic E-state index is -4.34. The SMILES string of the molecule is NC(=O)c1cccc(N)c1OCCCOCC(F)(F)F. The van der Waals surface area contributed by atoms with Crippen LogP contribution in [0.15, 0.2) is 18.2 Å². The number of carbonyl (C=O) groups is 1. The molecule has 0 aliphatic carbocycles. The average molecular weight is 292 g/mol. The quantitative estimate of drug-likeness (QED) is 0.591. The summed E-state index contributed by atoms with van der Waals surface area (Å²) < 4.78 is 45.1. The van der Waals surface area contributed by atoms with Crippen LogP contribution < -0.4 is 16.2 Å². The number of hydrogen-bond donors (Lipinski definition) is 2. The third-order valence-corrected chi connectivity index (χ3v) is 2.26. The van der Waals surface area contributed by atoms with Crippen LogP contribution in [0.2, 0.25) is 0 Å². The molecule has 0 fully saturated rings. The van der Waals surface area contributed by atoms with Crippen LogP contribution in [-0.4, -0.2) is 31.9 Å². The van der Waals surface area contributed by atoms with E-state index < -0.39 is 18.7 Å². The lowest BCUT2D eigenvalue weighted by Crippen LogP contribution is -2.18. The molecule has 1 aromatic carbocycles. The third kappa shape index (κ3) is 5.35. The second kappa shape index (κ2) is 6.99. The lowest BCUT2D eigenvalue weighted by molar-refractivity contribution is -0.174. The van der Waals surface area contributed by atoms with Crippen molar-refractivity contribution in [1.82, 2.24) is 0 Å². The Hall–Kier alpha value is -1.96. The normalized spacial score (nSPS) is 11.3. The second-order valence-electron chi connectivity index (χ2n) is 3.96. The Labute approximate surface area is 113 Å². The highest BCUT2D eigenvalue weighted by Gasteiger charge is 2.27. The van der Waals surface area contributed by atoms with Crippen LogP contribution in [0.5, 0.6) is 5.75 Å². The molecular weight excluding hydrogens is 277 g/mol. The van der Waals surface area contributed by atoms with Gasteiger partial charge in [-0.05, 0) is 12.1 Å². The van der Waals surface area contributed by atoms with Gasteiger partial charge >= 0.3 is 6.18 Å². The van der Waals surface area contributed by atoms with Gasteiger partial charge in [-0.25, -0.2) is 0 Å². The average Bonchev–Trinajstić information content (AvgIpc) is 2.33. The fraction of sp³-hybridized carbons (Fsp3) is 0.417. The number of amides is 1. The van der Waals surface area contributed by atoms with Gasteiger partial charge < -0.3 is 20.9 Å². The maximum Gasteiger partial charge on any atom is 0.411 e. The number of halogens is 3. The first-order valence-corrected chi connectivity index (χ1v) is 5.77. The van der Waals surface area contributed by atoms with Crippen LogP contribution in [0.1, 0.15) is 16.8 Å². The molecule has 0 heterocycles. The largest absolute Gasteiger partial charge is 0.490 e. The van der Waals surface area contributed by atoms with Crippen molar-refractivity contribution in [3.63, 3.8) is 0 Å². The molecular formula is C12H15F3N2O3. The van der Waals surface area contributed by atoms with Gasteiger partial charge in [0.1, 0.15) is 6.61 Å². The van der Waals surface area contributed by atoms with E-state index in [0.717, 1.165) is 0 Å². The molecule has 0 spiro atoms. The molecule has 0 aliphatic heterocycles. The lowest BCUT2D eigenvalue weighted by atomic mass is 10.1. The molecule has 112 valence electrons. The molecule has 8 heteroatoms. The van der Waals surface area contributed by atoms with Gasteiger partial charge in [-0.15, -0.1) is 0 Å². The van der Waals surface area contributed by atoms with Crippen molar-refractivity contribution in [1.29, 1.82) is 0 Å². The molecule has 5 nitrogen and oxygen atoms in total. The van der Waals surface area contributed by atoms with Crippen molar-refractivity contribution in [3.8, 4) is 5.75 Å². The summed E-state index contributed by atoms with van der Waals surface area (Å²) in [5.41, 5.74) is 11.2. The number of carbonyl (C=O) groups excluding carboxylic acids is 1. The number of para-hydroxylation sites is 1. The number of primary amides is 1. The number of anilines is 1. The first-order valence-electron chi connectivity index (χ1n) is 5.77. The Bertz CT molecular complexity index is 464. The van der Waals surface area contributed by atoms with E-state index in [0.29, 0.717) is 0 Å². The molecule has 0 aliphatic rings. The Morgan fingerprint density at radius 3 is 2.55 bits per heavy atom. The number of alkyl halides is 3. The number of nitrogen functional groups attached to an aromatic ring is 1. The van der Waals surface area contributed by atoms with Crippen molar-refractivity contribution in [2.24, 2.45) is 5.73 Å². The van der Waals surface area contributed by atoms with E-state index in [1.165, 1.54) is 12.1 Å². The summed E-state index contributed by atoms with van der Waals surface area (Å²) >= 11 is 0. The standard InChI is InChI=1S/C12H15F3N2O3/c13-12(14,15)7-19-5-2-6-20-10-8(11(17)18)3-1-4-9(10)16/h1,3-4H,2,5-7,16H2,(H2,17,18). The summed E-state index contributed by atoms with van der Waals surface area (Å²) in [6.45, 7) is -1.35. The molecule has 20 heavy (non-hydrogen) atoms. The van der Waals surface area contributed by atoms with Crippen LogP contribution >= 0.6 is 0 Å². The summed E-state index contributed by atoms with van der Waals surface area (Å²) in [6, 6.07) is 4.53. The molecule has 0 saturated heterocycles. The highest BCUT2D eigenvalue weighted by Crippen LogP contribution is 2.26. The van der Waals surface area contributed by atoms with E-state index >= 15 is 0 Å². The number of rotatable bonds is 7. The molecule has 0 aromatic heterocycles. The summed E-state index contributed by atoms with van der Waals surface area (Å²) in [4.78, 5) is 11.2. The monoisotopic (exact) mass is 292 g/mol. The maximum atomic E-state index is 11.8. The Morgan fingerprint density at radius 1 is 1.25 bits per heavy atom. The molecule has 0 atom stereocenters. The minimum absolute atomic E-state index is 0.0619. The van der Waals surface area contributed by atoms with Crippen LogP contribution in [0.3, 0.4) is 0 Å². The lowest BCUT2D eigenvalue weighted by Gasteiger charge is -2.12. The number of ether oxygens (including phenoxy) is 2. The Kier molecular flexibility index (Phi) is 5.63. The highest BCUT2D eigenvalue weighted by molar-refractivity contribution is 5.97. The third-order valence-electron chi connectivity index (χ3n) is 2.26. The van der Waals surface area contributed by atoms with Crippen LogP contribution in [-0.2, 0) is 4.74 Å². The zero-order chi connectivity index (χ0) is 15.2. The predicted molar refractivity (Wildman–Crippen MR) is 66.4 cm³/mol. The molecule has 4 N–H and O–H groups in total. The van der Waals surface area contributed by atoms with E-state index in [1.54, 1.807) is 6.07 Å². The van der Waals surface area contributed by atoms with E-state index in [9.17, 15) is 18.0 Å². The summed E-state index contributed by atoms with van der Waals surface area (Å²) in [6.07, 6.45) is -4.12. The van der Waals surface area contributed by atoms with Crippen molar-refractivity contribution in [3.05, 3.63) is 23.8 Å². The molecule has 1 amide bonds. The smallest absolute Gasteiger partial charge is 0.411 e. The zero-order valence-corrected chi connectivity index (χ0v) is 10.6. The molecule has 0 radical (unpaired) electrons. The van der Waals surface area contributed by atoms with E-state index in [-0.39, 0.29) is 36.6 Å². The zero-order valence-electron chi connectivity index (χ0n) is 10.6. The van der Waals surface area contributed by atoms with Crippen molar-refractivity contribution in [2.75, 3.05) is 25.6 Å². The Morgan fingerprint density at radius 2 is 1.95 bits per heavy atom. The second-order valence-corrected chi connectivity index (χ2v) is 3.96. The van der Waals surface area contributed by atoms with Crippen molar-refractivity contribution in [2.45, 2.75) is 12.6 Å². The molecule has 0 saturated carbocycles. The molecule has 0 bridgehead atoms. The minimum Gasteiger partial charge on any atom is -0.490 e. The number of benzene rings is 1. The van der Waals surface area contributed by atoms with Gasteiger partial charge in [-0.2, -0.15) is 13.2 Å². The molecule has 1 rings (SSSR count). The van der Waals surface area contributed by atoms with Crippen LogP contribution in [0.25, 0.3) is 0 Å². The summed E-state index contributed by atoms with van der Waals surface area (Å²) in [5, 5.41) is 0.